The Morgan fingerprint density at radius 1 is 1.30 bits per heavy atom. The van der Waals surface area contributed by atoms with Crippen molar-refractivity contribution in [1.82, 2.24) is 20.6 Å². The molecule has 2 atom stereocenters. The molecule has 7 nitrogen and oxygen atoms in total. The third-order valence-corrected chi connectivity index (χ3v) is 4.37. The lowest BCUT2D eigenvalue weighted by Crippen LogP contribution is -2.51. The molecule has 2 aliphatic rings. The third kappa shape index (κ3) is 4.79. The zero-order valence-electron chi connectivity index (χ0n) is 13.4. The summed E-state index contributed by atoms with van der Waals surface area (Å²) in [5.41, 5.74) is 0. The van der Waals surface area contributed by atoms with Crippen LogP contribution in [0.15, 0.2) is 18.5 Å². The highest BCUT2D eigenvalue weighted by atomic mass is 16.5. The van der Waals surface area contributed by atoms with Gasteiger partial charge in [0.25, 0.3) is 0 Å². The van der Waals surface area contributed by atoms with Gasteiger partial charge in [-0.05, 0) is 38.2 Å². The van der Waals surface area contributed by atoms with Crippen LogP contribution in [-0.4, -0.2) is 54.4 Å². The summed E-state index contributed by atoms with van der Waals surface area (Å²) in [6, 6.07) is 1.85. The first-order valence-corrected chi connectivity index (χ1v) is 8.49. The quantitative estimate of drug-likeness (QED) is 0.855. The van der Waals surface area contributed by atoms with Crippen molar-refractivity contribution in [2.45, 2.75) is 44.2 Å². The number of hydrogen-bond acceptors (Lipinski definition) is 5. The number of aromatic nitrogens is 2. The van der Waals surface area contributed by atoms with E-state index in [0.29, 0.717) is 12.6 Å². The summed E-state index contributed by atoms with van der Waals surface area (Å²) in [7, 11) is 0. The Kier molecular flexibility index (Phi) is 5.63. The largest absolute Gasteiger partial charge is 0.378 e. The molecule has 2 fully saturated rings. The number of nitrogens with one attached hydrogen (secondary N) is 2. The second-order valence-corrected chi connectivity index (χ2v) is 6.16. The van der Waals surface area contributed by atoms with Crippen molar-refractivity contribution in [2.24, 2.45) is 0 Å². The number of piperidine rings is 1. The minimum atomic E-state index is -0.0937. The molecule has 0 aromatic carbocycles. The molecule has 0 spiro atoms. The Morgan fingerprint density at radius 3 is 2.96 bits per heavy atom. The van der Waals surface area contributed by atoms with Crippen molar-refractivity contribution in [1.29, 1.82) is 0 Å². The molecule has 23 heavy (non-hydrogen) atoms. The van der Waals surface area contributed by atoms with Crippen LogP contribution < -0.4 is 15.5 Å². The van der Waals surface area contributed by atoms with E-state index in [0.717, 1.165) is 57.7 Å². The highest BCUT2D eigenvalue weighted by Gasteiger charge is 2.23. The van der Waals surface area contributed by atoms with E-state index in [1.54, 1.807) is 12.4 Å². The molecule has 2 amide bonds. The molecule has 2 N–H and O–H groups in total. The summed E-state index contributed by atoms with van der Waals surface area (Å²) >= 11 is 0. The van der Waals surface area contributed by atoms with Gasteiger partial charge in [-0.1, -0.05) is 0 Å². The molecule has 0 radical (unpaired) electrons. The Bertz CT molecular complexity index is 493. The first-order chi connectivity index (χ1) is 11.3. The highest BCUT2D eigenvalue weighted by molar-refractivity contribution is 5.74. The molecule has 0 aliphatic carbocycles. The van der Waals surface area contributed by atoms with E-state index < -0.39 is 0 Å². The van der Waals surface area contributed by atoms with Crippen LogP contribution in [0, 0.1) is 0 Å². The first-order valence-electron chi connectivity index (χ1n) is 8.49. The van der Waals surface area contributed by atoms with Gasteiger partial charge in [0.1, 0.15) is 0 Å². The average Bonchev–Trinajstić information content (AvgIpc) is 3.09. The van der Waals surface area contributed by atoms with Gasteiger partial charge in [-0.15, -0.1) is 0 Å². The van der Waals surface area contributed by atoms with Gasteiger partial charge >= 0.3 is 6.03 Å². The number of anilines is 1. The fraction of sp³-hybridized carbons (Fsp3) is 0.688. The number of ether oxygens (including phenoxy) is 1. The topological polar surface area (TPSA) is 79.4 Å². The van der Waals surface area contributed by atoms with Gasteiger partial charge in [0.15, 0.2) is 0 Å². The second kappa shape index (κ2) is 8.10. The van der Waals surface area contributed by atoms with Gasteiger partial charge in [0, 0.05) is 44.7 Å². The molecule has 0 unspecified atom stereocenters. The monoisotopic (exact) mass is 319 g/mol. The van der Waals surface area contributed by atoms with Crippen LogP contribution in [0.25, 0.3) is 0 Å². The molecule has 2 saturated heterocycles. The van der Waals surface area contributed by atoms with Crippen molar-refractivity contribution in [3.8, 4) is 0 Å². The Labute approximate surface area is 136 Å². The van der Waals surface area contributed by atoms with E-state index >= 15 is 0 Å². The highest BCUT2D eigenvalue weighted by Crippen LogP contribution is 2.16. The summed E-state index contributed by atoms with van der Waals surface area (Å²) in [5, 5.41) is 5.99. The number of rotatable bonds is 5. The molecule has 3 heterocycles. The number of amides is 2. The van der Waals surface area contributed by atoms with E-state index in [1.807, 2.05) is 6.07 Å². The zero-order chi connectivity index (χ0) is 15.9. The minimum absolute atomic E-state index is 0.0937. The molecule has 2 aliphatic heterocycles. The normalized spacial score (nSPS) is 24.4. The number of urea groups is 1. The van der Waals surface area contributed by atoms with Gasteiger partial charge < -0.3 is 20.3 Å². The lowest BCUT2D eigenvalue weighted by molar-refractivity contribution is 0.104. The van der Waals surface area contributed by atoms with Crippen LogP contribution in [0.2, 0.25) is 0 Å². The Balaban J connectivity index is 1.39. The number of carbonyl (C=O) groups is 1. The number of nitrogens with zero attached hydrogens (tertiary/aromatic N) is 3. The molecule has 7 heteroatoms. The van der Waals surface area contributed by atoms with Crippen molar-refractivity contribution in [3.05, 3.63) is 18.5 Å². The second-order valence-electron chi connectivity index (χ2n) is 6.16. The molecular weight excluding hydrogens is 294 g/mol. The van der Waals surface area contributed by atoms with Crippen LogP contribution in [0.1, 0.15) is 32.1 Å². The SMILES string of the molecule is O=C(NCC[C@H]1CCCO1)N[C@H]1CCCN(c2ncccn2)C1. The van der Waals surface area contributed by atoms with Gasteiger partial charge in [-0.25, -0.2) is 14.8 Å². The summed E-state index contributed by atoms with van der Waals surface area (Å²) in [6.45, 7) is 3.21. The van der Waals surface area contributed by atoms with Crippen LogP contribution in [0.3, 0.4) is 0 Å². The molecule has 126 valence electrons. The van der Waals surface area contributed by atoms with E-state index in [9.17, 15) is 4.79 Å². The molecule has 0 saturated carbocycles. The fourth-order valence-corrected chi connectivity index (χ4v) is 3.19. The maximum Gasteiger partial charge on any atom is 0.315 e. The predicted octanol–water partition coefficient (Wildman–Crippen LogP) is 1.31. The molecule has 1 aromatic heterocycles. The van der Waals surface area contributed by atoms with E-state index in [-0.39, 0.29) is 12.1 Å². The van der Waals surface area contributed by atoms with Crippen molar-refractivity contribution in [2.75, 3.05) is 31.1 Å². The molecule has 0 bridgehead atoms. The van der Waals surface area contributed by atoms with Crippen LogP contribution in [0.4, 0.5) is 10.7 Å². The molecule has 1 aromatic rings. The van der Waals surface area contributed by atoms with Gasteiger partial charge in [0.05, 0.1) is 6.10 Å². The fourth-order valence-electron chi connectivity index (χ4n) is 3.19. The standard InChI is InChI=1S/C16H25N5O2/c22-16(19-9-6-14-5-2-11-23-14)20-13-4-1-10-21(12-13)15-17-7-3-8-18-15/h3,7-8,13-14H,1-2,4-6,9-12H2,(H2,19,20,22)/t13-,14+/m0/s1. The number of carbonyl (C=O) groups excluding carboxylic acids is 1. The maximum absolute atomic E-state index is 12.0. The first kappa shape index (κ1) is 16.0. The lowest BCUT2D eigenvalue weighted by atomic mass is 10.1. The summed E-state index contributed by atoms with van der Waals surface area (Å²) in [5.74, 6) is 0.734. The Hall–Kier alpha value is -1.89. The van der Waals surface area contributed by atoms with Gasteiger partial charge in [-0.2, -0.15) is 0 Å². The summed E-state index contributed by atoms with van der Waals surface area (Å²) in [6.07, 6.45) is 8.96. The van der Waals surface area contributed by atoms with Crippen molar-refractivity contribution >= 4 is 12.0 Å². The maximum atomic E-state index is 12.0. The van der Waals surface area contributed by atoms with E-state index in [1.165, 1.54) is 0 Å². The van der Waals surface area contributed by atoms with E-state index in [4.69, 9.17) is 4.74 Å². The smallest absolute Gasteiger partial charge is 0.315 e. The average molecular weight is 319 g/mol. The van der Waals surface area contributed by atoms with Gasteiger partial charge in [-0.3, -0.25) is 0 Å². The molecule has 3 rings (SSSR count). The summed E-state index contributed by atoms with van der Waals surface area (Å²) in [4.78, 5) is 22.7. The van der Waals surface area contributed by atoms with E-state index in [2.05, 4.69) is 25.5 Å². The van der Waals surface area contributed by atoms with Gasteiger partial charge in [0.2, 0.25) is 5.95 Å². The van der Waals surface area contributed by atoms with Crippen LogP contribution in [0.5, 0.6) is 0 Å². The minimum Gasteiger partial charge on any atom is -0.378 e. The van der Waals surface area contributed by atoms with Crippen LogP contribution in [-0.2, 0) is 4.74 Å². The Morgan fingerprint density at radius 2 is 2.17 bits per heavy atom. The lowest BCUT2D eigenvalue weighted by Gasteiger charge is -2.33. The van der Waals surface area contributed by atoms with Crippen molar-refractivity contribution in [3.63, 3.8) is 0 Å². The van der Waals surface area contributed by atoms with Crippen molar-refractivity contribution < 1.29 is 9.53 Å². The zero-order valence-corrected chi connectivity index (χ0v) is 13.4. The molecular formula is C16H25N5O2. The third-order valence-electron chi connectivity index (χ3n) is 4.37. The summed E-state index contributed by atoms with van der Waals surface area (Å²) < 4.78 is 5.56. The number of hydrogen-bond donors (Lipinski definition) is 2. The predicted molar refractivity (Wildman–Crippen MR) is 87.4 cm³/mol. The van der Waals surface area contributed by atoms with Crippen LogP contribution >= 0.6 is 0 Å².